The summed E-state index contributed by atoms with van der Waals surface area (Å²) in [6.07, 6.45) is 2.56. The van der Waals surface area contributed by atoms with E-state index in [2.05, 4.69) is 15.9 Å². The third kappa shape index (κ3) is 2.91. The summed E-state index contributed by atoms with van der Waals surface area (Å²) in [5.74, 6) is -0.971. The summed E-state index contributed by atoms with van der Waals surface area (Å²) >= 11 is 3.24. The topological polar surface area (TPSA) is 63.3 Å². The Hall–Kier alpha value is -1.29. The minimum absolute atomic E-state index is 0.590. The normalized spacial score (nSPS) is 10.5. The molecule has 3 N–H and O–H groups in total. The molecule has 3 nitrogen and oxygen atoms in total. The number of nitrogen functional groups attached to an aromatic ring is 1. The predicted octanol–water partition coefficient (Wildman–Crippen LogP) is 2.13. The minimum atomic E-state index is -0.971. The maximum atomic E-state index is 10.2. The molecule has 68 valence electrons. The third-order valence-electron chi connectivity index (χ3n) is 1.44. The van der Waals surface area contributed by atoms with E-state index in [1.807, 2.05) is 0 Å². The van der Waals surface area contributed by atoms with E-state index < -0.39 is 5.97 Å². The Labute approximate surface area is 84.0 Å². The molecular weight excluding hydrogens is 234 g/mol. The van der Waals surface area contributed by atoms with Crippen LogP contribution in [0, 0.1) is 0 Å². The lowest BCUT2D eigenvalue weighted by atomic mass is 10.2. The first-order valence-corrected chi connectivity index (χ1v) is 4.35. The zero-order valence-corrected chi connectivity index (χ0v) is 8.28. The standard InChI is InChI=1S/C9H8BrNO2/c10-7-3-1-6(5-8(7)11)2-4-9(12)13/h1-5H,11H2,(H,12,13)/b4-2+. The average molecular weight is 242 g/mol. The van der Waals surface area contributed by atoms with Crippen LogP contribution in [0.25, 0.3) is 6.08 Å². The highest BCUT2D eigenvalue weighted by Crippen LogP contribution is 2.20. The zero-order chi connectivity index (χ0) is 9.84. The monoisotopic (exact) mass is 241 g/mol. The van der Waals surface area contributed by atoms with Crippen molar-refractivity contribution in [1.82, 2.24) is 0 Å². The summed E-state index contributed by atoms with van der Waals surface area (Å²) in [5.41, 5.74) is 6.96. The van der Waals surface area contributed by atoms with Crippen LogP contribution in [0.3, 0.4) is 0 Å². The molecule has 1 rings (SSSR count). The van der Waals surface area contributed by atoms with Crippen LogP contribution in [-0.2, 0) is 4.79 Å². The summed E-state index contributed by atoms with van der Waals surface area (Å²) < 4.78 is 0.806. The highest BCUT2D eigenvalue weighted by Gasteiger charge is 1.95. The summed E-state index contributed by atoms with van der Waals surface area (Å²) in [7, 11) is 0. The average Bonchev–Trinajstić information content (AvgIpc) is 2.07. The minimum Gasteiger partial charge on any atom is -0.478 e. The Morgan fingerprint density at radius 1 is 1.54 bits per heavy atom. The van der Waals surface area contributed by atoms with Gasteiger partial charge < -0.3 is 10.8 Å². The van der Waals surface area contributed by atoms with Gasteiger partial charge in [0.2, 0.25) is 0 Å². The van der Waals surface area contributed by atoms with Gasteiger partial charge in [-0.25, -0.2) is 4.79 Å². The molecule has 4 heteroatoms. The Morgan fingerprint density at radius 2 is 2.23 bits per heavy atom. The first-order chi connectivity index (χ1) is 6.09. The number of hydrogen-bond acceptors (Lipinski definition) is 2. The van der Waals surface area contributed by atoms with Gasteiger partial charge in [0.15, 0.2) is 0 Å². The number of carboxylic acid groups (broad SMARTS) is 1. The maximum Gasteiger partial charge on any atom is 0.328 e. The van der Waals surface area contributed by atoms with E-state index in [4.69, 9.17) is 10.8 Å². The molecule has 0 atom stereocenters. The molecule has 1 aromatic rings. The molecule has 0 saturated carbocycles. The van der Waals surface area contributed by atoms with Gasteiger partial charge in [0, 0.05) is 16.2 Å². The Morgan fingerprint density at radius 3 is 2.77 bits per heavy atom. The summed E-state index contributed by atoms with van der Waals surface area (Å²) in [4.78, 5) is 10.2. The van der Waals surface area contributed by atoms with Crippen LogP contribution in [0.4, 0.5) is 5.69 Å². The maximum absolute atomic E-state index is 10.2. The van der Waals surface area contributed by atoms with Gasteiger partial charge in [0.05, 0.1) is 0 Å². The van der Waals surface area contributed by atoms with Crippen LogP contribution in [0.5, 0.6) is 0 Å². The fraction of sp³-hybridized carbons (Fsp3) is 0. The molecule has 0 unspecified atom stereocenters. The fourth-order valence-corrected chi connectivity index (χ4v) is 1.08. The number of benzene rings is 1. The van der Waals surface area contributed by atoms with Crippen LogP contribution in [0.15, 0.2) is 28.7 Å². The van der Waals surface area contributed by atoms with E-state index in [1.165, 1.54) is 6.08 Å². The van der Waals surface area contributed by atoms with Gasteiger partial charge in [0.25, 0.3) is 0 Å². The van der Waals surface area contributed by atoms with E-state index in [-0.39, 0.29) is 0 Å². The van der Waals surface area contributed by atoms with Crippen molar-refractivity contribution < 1.29 is 9.90 Å². The van der Waals surface area contributed by atoms with Crippen LogP contribution < -0.4 is 5.73 Å². The highest BCUT2D eigenvalue weighted by molar-refractivity contribution is 9.10. The van der Waals surface area contributed by atoms with Gasteiger partial charge in [-0.05, 0) is 39.7 Å². The number of aliphatic carboxylic acids is 1. The molecule has 0 heterocycles. The molecule has 0 radical (unpaired) electrons. The van der Waals surface area contributed by atoms with Gasteiger partial charge in [-0.15, -0.1) is 0 Å². The van der Waals surface area contributed by atoms with E-state index in [0.717, 1.165) is 16.1 Å². The predicted molar refractivity (Wildman–Crippen MR) is 55.2 cm³/mol. The number of anilines is 1. The molecule has 1 aromatic carbocycles. The third-order valence-corrected chi connectivity index (χ3v) is 2.16. The van der Waals surface area contributed by atoms with Crippen molar-refractivity contribution in [2.24, 2.45) is 0 Å². The molecule has 0 amide bonds. The largest absolute Gasteiger partial charge is 0.478 e. The van der Waals surface area contributed by atoms with E-state index in [1.54, 1.807) is 18.2 Å². The van der Waals surface area contributed by atoms with Crippen molar-refractivity contribution >= 4 is 33.7 Å². The Bertz CT molecular complexity index is 361. The fourth-order valence-electron chi connectivity index (χ4n) is 0.833. The van der Waals surface area contributed by atoms with Crippen molar-refractivity contribution in [3.8, 4) is 0 Å². The van der Waals surface area contributed by atoms with Gasteiger partial charge in [-0.3, -0.25) is 0 Å². The van der Waals surface area contributed by atoms with E-state index >= 15 is 0 Å². The van der Waals surface area contributed by atoms with Crippen molar-refractivity contribution in [3.63, 3.8) is 0 Å². The molecule has 0 spiro atoms. The van der Waals surface area contributed by atoms with Crippen LogP contribution in [0.2, 0.25) is 0 Å². The SMILES string of the molecule is Nc1cc(/C=C/C(=O)O)ccc1Br. The summed E-state index contributed by atoms with van der Waals surface area (Å²) in [6, 6.07) is 5.25. The second kappa shape index (κ2) is 4.09. The van der Waals surface area contributed by atoms with Crippen LogP contribution >= 0.6 is 15.9 Å². The molecule has 0 bridgehead atoms. The van der Waals surface area contributed by atoms with Crippen LogP contribution in [-0.4, -0.2) is 11.1 Å². The number of rotatable bonds is 2. The highest BCUT2D eigenvalue weighted by atomic mass is 79.9. The van der Waals surface area contributed by atoms with Crippen molar-refractivity contribution in [2.75, 3.05) is 5.73 Å². The Kier molecular flexibility index (Phi) is 3.08. The molecule has 0 aliphatic rings. The molecule has 0 aromatic heterocycles. The van der Waals surface area contributed by atoms with Crippen molar-refractivity contribution in [1.29, 1.82) is 0 Å². The van der Waals surface area contributed by atoms with E-state index in [0.29, 0.717) is 5.69 Å². The summed E-state index contributed by atoms with van der Waals surface area (Å²) in [5, 5.41) is 8.37. The lowest BCUT2D eigenvalue weighted by Gasteiger charge is -1.98. The summed E-state index contributed by atoms with van der Waals surface area (Å²) in [6.45, 7) is 0. The molecule has 0 fully saturated rings. The molecule has 0 aliphatic carbocycles. The van der Waals surface area contributed by atoms with Crippen LogP contribution in [0.1, 0.15) is 5.56 Å². The van der Waals surface area contributed by atoms with Gasteiger partial charge in [-0.2, -0.15) is 0 Å². The lowest BCUT2D eigenvalue weighted by Crippen LogP contribution is -1.88. The Balaban J connectivity index is 2.92. The number of hydrogen-bond donors (Lipinski definition) is 2. The first-order valence-electron chi connectivity index (χ1n) is 3.55. The molecular formula is C9H8BrNO2. The second-order valence-corrected chi connectivity index (χ2v) is 3.31. The number of halogens is 1. The van der Waals surface area contributed by atoms with Gasteiger partial charge >= 0.3 is 5.97 Å². The number of nitrogens with two attached hydrogens (primary N) is 1. The molecule has 0 aliphatic heterocycles. The zero-order valence-electron chi connectivity index (χ0n) is 6.70. The van der Waals surface area contributed by atoms with Gasteiger partial charge in [0.1, 0.15) is 0 Å². The van der Waals surface area contributed by atoms with Crippen molar-refractivity contribution in [2.45, 2.75) is 0 Å². The molecule has 13 heavy (non-hydrogen) atoms. The first kappa shape index (κ1) is 9.80. The quantitative estimate of drug-likeness (QED) is 0.616. The van der Waals surface area contributed by atoms with Gasteiger partial charge in [-0.1, -0.05) is 6.07 Å². The number of carboxylic acids is 1. The second-order valence-electron chi connectivity index (χ2n) is 2.45. The van der Waals surface area contributed by atoms with Crippen molar-refractivity contribution in [3.05, 3.63) is 34.3 Å². The number of carbonyl (C=O) groups is 1. The smallest absolute Gasteiger partial charge is 0.328 e. The van der Waals surface area contributed by atoms with E-state index in [9.17, 15) is 4.79 Å². The molecule has 0 saturated heterocycles. The lowest BCUT2D eigenvalue weighted by molar-refractivity contribution is -0.131.